The van der Waals surface area contributed by atoms with Crippen molar-refractivity contribution >= 4 is 43.4 Å². The number of fused-ring (bicyclic) bond motifs is 2. The average Bonchev–Trinajstić information content (AvgIpc) is 3.42. The van der Waals surface area contributed by atoms with Gasteiger partial charge in [-0.3, -0.25) is 4.21 Å². The van der Waals surface area contributed by atoms with Crippen molar-refractivity contribution in [1.29, 1.82) is 0 Å². The molecule has 5 rings (SSSR count). The number of halogens is 3. The number of benzene rings is 2. The maximum atomic E-state index is 12.9. The van der Waals surface area contributed by atoms with Gasteiger partial charge in [0.05, 0.1) is 33.0 Å². The molecule has 2 aromatic carbocycles. The van der Waals surface area contributed by atoms with E-state index in [1.54, 1.807) is 11.4 Å². The minimum atomic E-state index is -4.53. The molecular formula is C22H15F3N4O2S2. The molecule has 11 heteroatoms. The third kappa shape index (κ3) is 4.60. The zero-order chi connectivity index (χ0) is 23.0. The predicted molar refractivity (Wildman–Crippen MR) is 121 cm³/mol. The number of thiophene rings is 1. The molecule has 168 valence electrons. The maximum Gasteiger partial charge on any atom is 0.422 e. The summed E-state index contributed by atoms with van der Waals surface area (Å²) in [5.74, 6) is -0.203. The fourth-order valence-corrected chi connectivity index (χ4v) is 5.21. The van der Waals surface area contributed by atoms with Crippen molar-refractivity contribution in [3.05, 3.63) is 65.8 Å². The molecule has 6 nitrogen and oxygen atoms in total. The lowest BCUT2D eigenvalue weighted by molar-refractivity contribution is -0.153. The first kappa shape index (κ1) is 21.5. The maximum absolute atomic E-state index is 12.9. The van der Waals surface area contributed by atoms with E-state index in [2.05, 4.69) is 19.9 Å². The van der Waals surface area contributed by atoms with Gasteiger partial charge in [-0.25, -0.2) is 9.97 Å². The van der Waals surface area contributed by atoms with Gasteiger partial charge in [-0.05, 0) is 17.7 Å². The second-order valence-electron chi connectivity index (χ2n) is 7.09. The number of rotatable bonds is 6. The first-order valence-corrected chi connectivity index (χ1v) is 11.9. The van der Waals surface area contributed by atoms with E-state index in [9.17, 15) is 17.4 Å². The quantitative estimate of drug-likeness (QED) is 0.342. The van der Waals surface area contributed by atoms with Gasteiger partial charge in [-0.2, -0.15) is 18.2 Å². The Hall–Kier alpha value is -3.31. The summed E-state index contributed by atoms with van der Waals surface area (Å²) in [6, 6.07) is 16.5. The monoisotopic (exact) mass is 488 g/mol. The number of hydrogen-bond donors (Lipinski definition) is 1. The van der Waals surface area contributed by atoms with Gasteiger partial charge in [0.25, 0.3) is 0 Å². The van der Waals surface area contributed by atoms with E-state index in [0.29, 0.717) is 21.3 Å². The molecule has 1 atom stereocenters. The summed E-state index contributed by atoms with van der Waals surface area (Å²) < 4.78 is 56.7. The van der Waals surface area contributed by atoms with Crippen molar-refractivity contribution in [1.82, 2.24) is 19.9 Å². The summed E-state index contributed by atoms with van der Waals surface area (Å²) in [5, 5.41) is 2.44. The minimum Gasteiger partial charge on any atom is -0.467 e. The second-order valence-corrected chi connectivity index (χ2v) is 9.32. The lowest BCUT2D eigenvalue weighted by Crippen LogP contribution is -2.20. The van der Waals surface area contributed by atoms with Crippen LogP contribution in [0.4, 0.5) is 13.2 Å². The SMILES string of the molecule is O=S(Cc1nc(OCC(F)(F)F)c2c(-c3ccccc3)csc2n1)c1nc2ccccc2[nH]1. The average molecular weight is 489 g/mol. The van der Waals surface area contributed by atoms with Crippen LogP contribution in [0.1, 0.15) is 5.82 Å². The summed E-state index contributed by atoms with van der Waals surface area (Å²) >= 11 is 1.26. The van der Waals surface area contributed by atoms with Crippen LogP contribution in [0.25, 0.3) is 32.4 Å². The number of ether oxygens (including phenoxy) is 1. The van der Waals surface area contributed by atoms with Crippen molar-refractivity contribution < 1.29 is 22.1 Å². The van der Waals surface area contributed by atoms with Crippen molar-refractivity contribution in [2.75, 3.05) is 6.61 Å². The molecule has 0 radical (unpaired) electrons. The van der Waals surface area contributed by atoms with Crippen LogP contribution in [0.15, 0.2) is 65.1 Å². The molecule has 0 fully saturated rings. The Balaban J connectivity index is 1.53. The highest BCUT2D eigenvalue weighted by atomic mass is 32.2. The third-order valence-corrected chi connectivity index (χ3v) is 6.76. The van der Waals surface area contributed by atoms with E-state index in [-0.39, 0.29) is 22.6 Å². The van der Waals surface area contributed by atoms with E-state index >= 15 is 0 Å². The lowest BCUT2D eigenvalue weighted by atomic mass is 10.1. The van der Waals surface area contributed by atoms with Gasteiger partial charge in [0.1, 0.15) is 10.7 Å². The van der Waals surface area contributed by atoms with Crippen LogP contribution in [0, 0.1) is 0 Å². The van der Waals surface area contributed by atoms with Gasteiger partial charge in [0.15, 0.2) is 11.8 Å². The molecule has 5 aromatic rings. The Labute approximate surface area is 191 Å². The number of H-pyrrole nitrogens is 1. The molecule has 0 aliphatic rings. The number of imidazole rings is 1. The summed E-state index contributed by atoms with van der Waals surface area (Å²) in [6.45, 7) is -1.49. The van der Waals surface area contributed by atoms with Crippen LogP contribution in [0.3, 0.4) is 0 Å². The second kappa shape index (κ2) is 8.56. The fraction of sp³-hybridized carbons (Fsp3) is 0.136. The zero-order valence-electron chi connectivity index (χ0n) is 16.8. The smallest absolute Gasteiger partial charge is 0.422 e. The molecule has 0 aliphatic carbocycles. The molecule has 3 aromatic heterocycles. The number of alkyl halides is 3. The molecule has 33 heavy (non-hydrogen) atoms. The van der Waals surface area contributed by atoms with E-state index in [1.165, 1.54) is 11.3 Å². The van der Waals surface area contributed by atoms with Crippen LogP contribution in [-0.2, 0) is 16.6 Å². The van der Waals surface area contributed by atoms with Gasteiger partial charge >= 0.3 is 6.18 Å². The van der Waals surface area contributed by atoms with Crippen LogP contribution in [0.5, 0.6) is 5.88 Å². The topological polar surface area (TPSA) is 80.8 Å². The highest BCUT2D eigenvalue weighted by molar-refractivity contribution is 7.84. The zero-order valence-corrected chi connectivity index (χ0v) is 18.4. The molecule has 0 aliphatic heterocycles. The van der Waals surface area contributed by atoms with Crippen molar-refractivity contribution in [3.8, 4) is 17.0 Å². The molecule has 0 bridgehead atoms. The molecule has 0 amide bonds. The third-order valence-electron chi connectivity index (χ3n) is 4.75. The first-order valence-electron chi connectivity index (χ1n) is 9.73. The number of nitrogens with one attached hydrogen (secondary N) is 1. The van der Waals surface area contributed by atoms with Gasteiger partial charge in [0, 0.05) is 10.9 Å². The molecule has 0 saturated heterocycles. The molecule has 1 unspecified atom stereocenters. The Bertz CT molecular complexity index is 1430. The van der Waals surface area contributed by atoms with E-state index in [0.717, 1.165) is 11.1 Å². The minimum absolute atomic E-state index is 0.111. The number of aromatic nitrogens is 4. The lowest BCUT2D eigenvalue weighted by Gasteiger charge is -2.11. The van der Waals surface area contributed by atoms with Crippen molar-refractivity contribution in [2.45, 2.75) is 17.1 Å². The highest BCUT2D eigenvalue weighted by Crippen LogP contribution is 2.38. The number of para-hydroxylation sites is 2. The van der Waals surface area contributed by atoms with Crippen LogP contribution >= 0.6 is 11.3 Å². The van der Waals surface area contributed by atoms with Gasteiger partial charge in [-0.15, -0.1) is 11.3 Å². The number of aromatic amines is 1. The predicted octanol–water partition coefficient (Wildman–Crippen LogP) is 5.48. The van der Waals surface area contributed by atoms with E-state index in [4.69, 9.17) is 4.74 Å². The number of nitrogens with zero attached hydrogens (tertiary/aromatic N) is 3. The highest BCUT2D eigenvalue weighted by Gasteiger charge is 2.30. The summed E-state index contributed by atoms with van der Waals surface area (Å²) in [5.41, 5.74) is 2.88. The first-order chi connectivity index (χ1) is 15.9. The molecule has 3 heterocycles. The Morgan fingerprint density at radius 1 is 1.00 bits per heavy atom. The molecular weight excluding hydrogens is 473 g/mol. The van der Waals surface area contributed by atoms with Crippen molar-refractivity contribution in [3.63, 3.8) is 0 Å². The van der Waals surface area contributed by atoms with Crippen molar-refractivity contribution in [2.24, 2.45) is 0 Å². The van der Waals surface area contributed by atoms with E-state index in [1.807, 2.05) is 48.5 Å². The van der Waals surface area contributed by atoms with Gasteiger partial charge in [-0.1, -0.05) is 42.5 Å². The van der Waals surface area contributed by atoms with Crippen LogP contribution in [0.2, 0.25) is 0 Å². The summed E-state index contributed by atoms with van der Waals surface area (Å²) in [4.78, 5) is 16.4. The molecule has 1 N–H and O–H groups in total. The molecule has 0 saturated carbocycles. The Morgan fingerprint density at radius 2 is 1.76 bits per heavy atom. The van der Waals surface area contributed by atoms with Crippen LogP contribution in [-0.4, -0.2) is 36.9 Å². The fourth-order valence-electron chi connectivity index (χ4n) is 3.32. The summed E-state index contributed by atoms with van der Waals surface area (Å²) in [7, 11) is -1.63. The Kier molecular flexibility index (Phi) is 5.59. The summed E-state index contributed by atoms with van der Waals surface area (Å²) in [6.07, 6.45) is -4.53. The van der Waals surface area contributed by atoms with Gasteiger partial charge < -0.3 is 9.72 Å². The van der Waals surface area contributed by atoms with Gasteiger partial charge in [0.2, 0.25) is 5.88 Å². The van der Waals surface area contributed by atoms with Crippen LogP contribution < -0.4 is 4.74 Å². The normalized spacial score (nSPS) is 12.9. The molecule has 0 spiro atoms. The number of hydrogen-bond acceptors (Lipinski definition) is 6. The largest absolute Gasteiger partial charge is 0.467 e. The van der Waals surface area contributed by atoms with E-state index < -0.39 is 23.6 Å². The Morgan fingerprint density at radius 3 is 2.52 bits per heavy atom. The standard InChI is InChI=1S/C22H15F3N4O2S2/c23-22(24,25)12-31-19-18-14(13-6-2-1-3-7-13)10-32-20(18)29-17(28-19)11-33(30)21-26-15-8-4-5-9-16(15)27-21/h1-10H,11-12H2,(H,26,27).